The third-order valence-electron chi connectivity index (χ3n) is 8.88. The summed E-state index contributed by atoms with van der Waals surface area (Å²) in [6, 6.07) is 10.5. The van der Waals surface area contributed by atoms with Crippen LogP contribution in [0.3, 0.4) is 0 Å². The Hall–Kier alpha value is -3.85. The number of nitrogens with zero attached hydrogens (tertiary/aromatic N) is 2. The maximum Gasteiger partial charge on any atom is 0.338 e. The van der Waals surface area contributed by atoms with Gasteiger partial charge in [0.05, 0.1) is 41.3 Å². The van der Waals surface area contributed by atoms with E-state index in [4.69, 9.17) is 9.47 Å². The third-order valence-corrected chi connectivity index (χ3v) is 10.5. The fourth-order valence-corrected chi connectivity index (χ4v) is 7.54. The Balaban J connectivity index is 1.79. The van der Waals surface area contributed by atoms with Gasteiger partial charge in [0, 0.05) is 47.5 Å². The van der Waals surface area contributed by atoms with Gasteiger partial charge in [-0.25, -0.2) is 9.59 Å². The van der Waals surface area contributed by atoms with E-state index in [1.54, 1.807) is 38.1 Å². The molecule has 49 heavy (non-hydrogen) atoms. The normalized spacial score (nSPS) is 17.5. The van der Waals surface area contributed by atoms with Crippen molar-refractivity contribution >= 4 is 49.3 Å². The van der Waals surface area contributed by atoms with Crippen LogP contribution in [-0.4, -0.2) is 86.0 Å². The molecule has 0 fully saturated rings. The van der Waals surface area contributed by atoms with Crippen molar-refractivity contribution in [2.45, 2.75) is 65.2 Å². The number of benzene rings is 2. The molecule has 2 heterocycles. The first-order valence-corrected chi connectivity index (χ1v) is 19.4. The number of fused-ring (bicyclic) bond motifs is 2. The van der Waals surface area contributed by atoms with Gasteiger partial charge < -0.3 is 14.4 Å². The maximum atomic E-state index is 12.6. The minimum Gasteiger partial charge on any atom is -0.462 e. The number of esters is 2. The Morgan fingerprint density at radius 3 is 1.94 bits per heavy atom. The standard InChI is InChI=1S/C35H44N2O10S2/c1-7-46-32(38)24-14-16-28-26(22-24)34(3,4)30(36(28)18-10-20-48(40,41)42)12-9-13-31-35(5,6)27-23-25(33(39)47-8-2)15-17-29(27)37(31)19-11-21-49(43,44)45/h9,12-17,22-23H,7-8,10-11,18-21H2,1-6H3,(H-,40,41,42,43,44,45)/p+1. The molecule has 0 saturated carbocycles. The lowest BCUT2D eigenvalue weighted by Gasteiger charge is -2.27. The van der Waals surface area contributed by atoms with Crippen molar-refractivity contribution in [3.63, 3.8) is 0 Å². The lowest BCUT2D eigenvalue weighted by molar-refractivity contribution is -0.437. The summed E-state index contributed by atoms with van der Waals surface area (Å²) in [7, 11) is -8.36. The summed E-state index contributed by atoms with van der Waals surface area (Å²) in [4.78, 5) is 27.2. The van der Waals surface area contributed by atoms with Crippen LogP contribution >= 0.6 is 0 Å². The average Bonchev–Trinajstić information content (AvgIpc) is 3.34. The minimum absolute atomic E-state index is 0.152. The Morgan fingerprint density at radius 2 is 1.37 bits per heavy atom. The molecule has 0 aliphatic carbocycles. The Bertz CT molecular complexity index is 1940. The highest BCUT2D eigenvalue weighted by atomic mass is 32.2. The smallest absolute Gasteiger partial charge is 0.338 e. The van der Waals surface area contributed by atoms with Crippen molar-refractivity contribution in [1.82, 2.24) is 0 Å². The number of carbonyl (C=O) groups is 2. The Labute approximate surface area is 288 Å². The van der Waals surface area contributed by atoms with E-state index in [1.165, 1.54) is 0 Å². The molecular formula is C35H45N2O10S2+. The summed E-state index contributed by atoms with van der Waals surface area (Å²) >= 11 is 0. The van der Waals surface area contributed by atoms with Crippen molar-refractivity contribution < 1.29 is 49.6 Å². The molecule has 0 spiro atoms. The third kappa shape index (κ3) is 8.48. The molecule has 0 aromatic heterocycles. The number of anilines is 1. The van der Waals surface area contributed by atoms with Gasteiger partial charge in [-0.1, -0.05) is 19.9 Å². The van der Waals surface area contributed by atoms with Crippen molar-refractivity contribution in [2.24, 2.45) is 0 Å². The van der Waals surface area contributed by atoms with Crippen LogP contribution in [0.25, 0.3) is 0 Å². The largest absolute Gasteiger partial charge is 0.462 e. The lowest BCUT2D eigenvalue weighted by atomic mass is 9.80. The van der Waals surface area contributed by atoms with Crippen LogP contribution in [0, 0.1) is 0 Å². The van der Waals surface area contributed by atoms with E-state index >= 15 is 0 Å². The molecule has 0 bridgehead atoms. The van der Waals surface area contributed by atoms with E-state index in [0.717, 1.165) is 33.9 Å². The second-order valence-electron chi connectivity index (χ2n) is 13.0. The molecule has 0 unspecified atom stereocenters. The highest BCUT2D eigenvalue weighted by Gasteiger charge is 2.45. The van der Waals surface area contributed by atoms with Gasteiger partial charge in [0.25, 0.3) is 20.2 Å². The maximum absolute atomic E-state index is 12.6. The zero-order chi connectivity index (χ0) is 36.4. The van der Waals surface area contributed by atoms with Gasteiger partial charge in [-0.2, -0.15) is 21.4 Å². The van der Waals surface area contributed by atoms with Crippen LogP contribution < -0.4 is 4.90 Å². The molecule has 0 saturated heterocycles. The number of carbonyl (C=O) groups excluding carboxylic acids is 2. The first-order valence-electron chi connectivity index (χ1n) is 16.2. The SMILES string of the molecule is CCOC(=O)c1ccc2c(c1)C(C)(C)C(=CC=CC1=[N+](CCCS(=O)(=O)O)c3ccc(C(=O)OCC)cc3C1(C)C)N2CCCS(=O)(=O)O. The monoisotopic (exact) mass is 717 g/mol. The van der Waals surface area contributed by atoms with Gasteiger partial charge in [0.2, 0.25) is 5.69 Å². The number of hydrogen-bond donors (Lipinski definition) is 2. The number of ether oxygens (including phenoxy) is 2. The van der Waals surface area contributed by atoms with Crippen molar-refractivity contribution in [3.8, 4) is 0 Å². The highest BCUT2D eigenvalue weighted by Crippen LogP contribution is 2.48. The minimum atomic E-state index is -4.18. The van der Waals surface area contributed by atoms with E-state index in [-0.39, 0.29) is 39.1 Å². The number of rotatable bonds is 14. The van der Waals surface area contributed by atoms with E-state index in [1.807, 2.05) is 67.5 Å². The fraction of sp³-hybridized carbons (Fsp3) is 0.457. The fourth-order valence-electron chi connectivity index (χ4n) is 6.56. The van der Waals surface area contributed by atoms with Crippen LogP contribution in [-0.2, 0) is 40.5 Å². The summed E-state index contributed by atoms with van der Waals surface area (Å²) in [6.07, 6.45) is 6.02. The van der Waals surface area contributed by atoms with Crippen molar-refractivity contribution in [3.05, 3.63) is 82.6 Å². The van der Waals surface area contributed by atoms with Gasteiger partial charge >= 0.3 is 11.9 Å². The second kappa shape index (κ2) is 14.6. The molecule has 0 amide bonds. The molecule has 4 rings (SSSR count). The summed E-state index contributed by atoms with van der Waals surface area (Å²) < 4.78 is 77.4. The zero-order valence-electron chi connectivity index (χ0n) is 28.7. The number of allylic oxidation sites excluding steroid dienone is 4. The van der Waals surface area contributed by atoms with E-state index in [2.05, 4.69) is 0 Å². The molecule has 2 aromatic rings. The van der Waals surface area contributed by atoms with Crippen LogP contribution in [0.5, 0.6) is 0 Å². The molecule has 0 radical (unpaired) electrons. The van der Waals surface area contributed by atoms with Crippen molar-refractivity contribution in [1.29, 1.82) is 0 Å². The molecule has 12 nitrogen and oxygen atoms in total. The number of hydrogen-bond acceptors (Lipinski definition) is 9. The van der Waals surface area contributed by atoms with Gasteiger partial charge in [0.1, 0.15) is 6.54 Å². The predicted octanol–water partition coefficient (Wildman–Crippen LogP) is 5.21. The van der Waals surface area contributed by atoms with Crippen LogP contribution in [0.2, 0.25) is 0 Å². The summed E-state index contributed by atoms with van der Waals surface area (Å²) in [5.74, 6) is -1.73. The molecule has 0 atom stereocenters. The second-order valence-corrected chi connectivity index (χ2v) is 16.2. The highest BCUT2D eigenvalue weighted by molar-refractivity contribution is 7.86. The molecular weight excluding hydrogens is 673 g/mol. The van der Waals surface area contributed by atoms with E-state index < -0.39 is 54.5 Å². The molecule has 2 aliphatic heterocycles. The topological polar surface area (TPSA) is 168 Å². The molecule has 14 heteroatoms. The van der Waals surface area contributed by atoms with Crippen molar-refractivity contribution in [2.75, 3.05) is 42.7 Å². The first kappa shape index (κ1) is 38.0. The Morgan fingerprint density at radius 1 is 0.816 bits per heavy atom. The van der Waals surface area contributed by atoms with E-state index in [9.17, 15) is 35.5 Å². The first-order chi connectivity index (χ1) is 22.8. The summed E-state index contributed by atoms with van der Waals surface area (Å²) in [5.41, 5.74) is 4.50. The summed E-state index contributed by atoms with van der Waals surface area (Å²) in [5, 5.41) is 0. The van der Waals surface area contributed by atoms with Gasteiger partial charge in [-0.05, 0) is 76.1 Å². The van der Waals surface area contributed by atoms with E-state index in [0.29, 0.717) is 11.1 Å². The van der Waals surface area contributed by atoms with Gasteiger partial charge in [-0.3, -0.25) is 9.11 Å². The zero-order valence-corrected chi connectivity index (χ0v) is 30.4. The van der Waals surface area contributed by atoms with Crippen LogP contribution in [0.1, 0.15) is 86.2 Å². The summed E-state index contributed by atoms with van der Waals surface area (Å²) in [6.45, 7) is 12.5. The lowest BCUT2D eigenvalue weighted by Crippen LogP contribution is -2.29. The predicted molar refractivity (Wildman–Crippen MR) is 187 cm³/mol. The molecule has 266 valence electrons. The van der Waals surface area contributed by atoms with Gasteiger partial charge in [0.15, 0.2) is 5.71 Å². The van der Waals surface area contributed by atoms with Crippen LogP contribution in [0.15, 0.2) is 60.3 Å². The molecule has 2 aromatic carbocycles. The van der Waals surface area contributed by atoms with Gasteiger partial charge in [-0.15, -0.1) is 0 Å². The van der Waals surface area contributed by atoms with Crippen LogP contribution in [0.4, 0.5) is 11.4 Å². The molecule has 2 N–H and O–H groups in total. The molecule has 2 aliphatic rings. The average molecular weight is 718 g/mol. The quantitative estimate of drug-likeness (QED) is 0.150. The Kier molecular flexibility index (Phi) is 11.3.